The lowest BCUT2D eigenvalue weighted by atomic mass is 9.82. The molecule has 3 N–H and O–H groups in total. The lowest BCUT2D eigenvalue weighted by Gasteiger charge is -2.31. The Labute approximate surface area is 198 Å². The van der Waals surface area contributed by atoms with E-state index >= 15 is 0 Å². The fourth-order valence-electron chi connectivity index (χ4n) is 5.55. The summed E-state index contributed by atoms with van der Waals surface area (Å²) < 4.78 is 42.4. The van der Waals surface area contributed by atoms with E-state index in [9.17, 15) is 27.6 Å². The average molecular weight is 486 g/mol. The Kier molecular flexibility index (Phi) is 5.79. The Bertz CT molecular complexity index is 1430. The summed E-state index contributed by atoms with van der Waals surface area (Å²) >= 11 is 0. The maximum atomic E-state index is 14.3. The number of fused-ring (bicyclic) bond motifs is 3. The summed E-state index contributed by atoms with van der Waals surface area (Å²) in [7, 11) is 0. The van der Waals surface area contributed by atoms with Crippen LogP contribution in [0, 0.1) is 17.5 Å². The van der Waals surface area contributed by atoms with Crippen LogP contribution in [0.5, 0.6) is 0 Å². The number of H-pyrrole nitrogens is 1. The molecule has 2 aliphatic rings. The van der Waals surface area contributed by atoms with Crippen molar-refractivity contribution in [2.75, 3.05) is 0 Å². The summed E-state index contributed by atoms with van der Waals surface area (Å²) in [6.45, 7) is 1.53. The number of carbonyl (C=O) groups excluding carboxylic acids is 1. The predicted octanol–water partition coefficient (Wildman–Crippen LogP) is 3.20. The molecule has 1 amide bonds. The highest BCUT2D eigenvalue weighted by atomic mass is 19.1. The van der Waals surface area contributed by atoms with Crippen LogP contribution < -0.4 is 21.9 Å². The third-order valence-electron chi connectivity index (χ3n) is 7.33. The SMILES string of the molecule is C[C@@H](NC(=O)[C@H](CC12CCC(CC1)N2)n1c(=O)[nH]c2ccc(F)cc2c1=O)c1ccc(F)cc1F. The molecule has 2 fully saturated rings. The van der Waals surface area contributed by atoms with Gasteiger partial charge in [0.05, 0.1) is 16.9 Å². The highest BCUT2D eigenvalue weighted by molar-refractivity contribution is 5.82. The van der Waals surface area contributed by atoms with Gasteiger partial charge in [-0.05, 0) is 63.3 Å². The first-order valence-corrected chi connectivity index (χ1v) is 11.6. The zero-order valence-electron chi connectivity index (χ0n) is 19.0. The second-order valence-electron chi connectivity index (χ2n) is 9.61. The molecule has 3 heterocycles. The van der Waals surface area contributed by atoms with Gasteiger partial charge >= 0.3 is 5.69 Å². The number of amides is 1. The van der Waals surface area contributed by atoms with Gasteiger partial charge < -0.3 is 15.6 Å². The molecule has 5 rings (SSSR count). The largest absolute Gasteiger partial charge is 0.348 e. The maximum Gasteiger partial charge on any atom is 0.329 e. The molecule has 2 aliphatic heterocycles. The fourth-order valence-corrected chi connectivity index (χ4v) is 5.55. The van der Waals surface area contributed by atoms with E-state index in [2.05, 4.69) is 15.6 Å². The van der Waals surface area contributed by atoms with Crippen molar-refractivity contribution in [3.05, 3.63) is 80.3 Å². The molecule has 0 radical (unpaired) electrons. The normalized spacial score (nSPS) is 22.9. The standard InChI is InChI=1S/C25H25F3N4O3/c1-13(17-4-2-15(27)11-19(17)28)29-22(33)21(12-25-8-6-16(31-25)7-9-25)32-23(34)18-10-14(26)3-5-20(18)30-24(32)35/h2-5,10-11,13,16,21,31H,6-9,12H2,1H3,(H,29,33)(H,30,35)/t13-,16?,21+,25?/m1/s1. The molecule has 35 heavy (non-hydrogen) atoms. The zero-order chi connectivity index (χ0) is 24.9. The molecule has 0 unspecified atom stereocenters. The first-order chi connectivity index (χ1) is 16.7. The van der Waals surface area contributed by atoms with Crippen molar-refractivity contribution < 1.29 is 18.0 Å². The van der Waals surface area contributed by atoms with Crippen LogP contribution in [-0.2, 0) is 4.79 Å². The lowest BCUT2D eigenvalue weighted by molar-refractivity contribution is -0.126. The number of aromatic amines is 1. The number of benzene rings is 2. The summed E-state index contributed by atoms with van der Waals surface area (Å²) in [4.78, 5) is 42.5. The molecule has 1 aromatic heterocycles. The summed E-state index contributed by atoms with van der Waals surface area (Å²) in [5.74, 6) is -2.87. The van der Waals surface area contributed by atoms with Crippen LogP contribution in [0.1, 0.15) is 56.7 Å². The van der Waals surface area contributed by atoms with E-state index in [1.165, 1.54) is 19.1 Å². The minimum Gasteiger partial charge on any atom is -0.348 e. The number of rotatable bonds is 6. The van der Waals surface area contributed by atoms with E-state index < -0.39 is 52.2 Å². The van der Waals surface area contributed by atoms with E-state index in [4.69, 9.17) is 0 Å². The van der Waals surface area contributed by atoms with Gasteiger partial charge in [-0.2, -0.15) is 0 Å². The molecule has 3 aromatic rings. The molecular weight excluding hydrogens is 461 g/mol. The molecule has 0 aliphatic carbocycles. The van der Waals surface area contributed by atoms with Gasteiger partial charge in [-0.15, -0.1) is 0 Å². The molecule has 2 saturated heterocycles. The van der Waals surface area contributed by atoms with Crippen molar-refractivity contribution in [3.63, 3.8) is 0 Å². The van der Waals surface area contributed by atoms with Crippen LogP contribution in [0.2, 0.25) is 0 Å². The van der Waals surface area contributed by atoms with Gasteiger partial charge in [-0.3, -0.25) is 9.59 Å². The Morgan fingerprint density at radius 3 is 2.46 bits per heavy atom. The molecule has 10 heteroatoms. The van der Waals surface area contributed by atoms with E-state index in [0.29, 0.717) is 6.04 Å². The number of hydrogen-bond donors (Lipinski definition) is 3. The molecule has 0 saturated carbocycles. The average Bonchev–Trinajstić information content (AvgIpc) is 3.40. The van der Waals surface area contributed by atoms with Gasteiger partial charge in [-0.25, -0.2) is 22.5 Å². The number of hydrogen-bond acceptors (Lipinski definition) is 4. The Balaban J connectivity index is 1.55. The number of halogens is 3. The van der Waals surface area contributed by atoms with Gasteiger partial charge in [-0.1, -0.05) is 6.07 Å². The smallest absolute Gasteiger partial charge is 0.329 e. The summed E-state index contributed by atoms with van der Waals surface area (Å²) in [5.41, 5.74) is -1.76. The fraction of sp³-hybridized carbons (Fsp3) is 0.400. The van der Waals surface area contributed by atoms with Gasteiger partial charge in [0, 0.05) is 23.2 Å². The third-order valence-corrected chi connectivity index (χ3v) is 7.33. The predicted molar refractivity (Wildman–Crippen MR) is 123 cm³/mol. The monoisotopic (exact) mass is 486 g/mol. The summed E-state index contributed by atoms with van der Waals surface area (Å²) in [6, 6.07) is 4.74. The molecule has 2 atom stereocenters. The van der Waals surface area contributed by atoms with E-state index in [-0.39, 0.29) is 22.9 Å². The quantitative estimate of drug-likeness (QED) is 0.499. The minimum absolute atomic E-state index is 0.0544. The molecule has 0 spiro atoms. The topological polar surface area (TPSA) is 96.0 Å². The Hall–Kier alpha value is -3.40. The Morgan fingerprint density at radius 1 is 1.11 bits per heavy atom. The van der Waals surface area contributed by atoms with Crippen molar-refractivity contribution in [2.24, 2.45) is 0 Å². The number of aromatic nitrogens is 2. The highest BCUT2D eigenvalue weighted by Crippen LogP contribution is 2.42. The third kappa shape index (κ3) is 4.27. The highest BCUT2D eigenvalue weighted by Gasteiger charge is 2.47. The molecule has 2 aromatic carbocycles. The number of nitrogens with zero attached hydrogens (tertiary/aromatic N) is 1. The molecule has 7 nitrogen and oxygen atoms in total. The molecule has 2 bridgehead atoms. The van der Waals surface area contributed by atoms with Crippen molar-refractivity contribution >= 4 is 16.8 Å². The number of carbonyl (C=O) groups is 1. The van der Waals surface area contributed by atoms with E-state index in [1.807, 2.05) is 0 Å². The van der Waals surface area contributed by atoms with Crippen LogP contribution in [0.25, 0.3) is 10.9 Å². The second-order valence-corrected chi connectivity index (χ2v) is 9.61. The van der Waals surface area contributed by atoms with Crippen LogP contribution in [0.15, 0.2) is 46.0 Å². The maximum absolute atomic E-state index is 14.3. The summed E-state index contributed by atoms with van der Waals surface area (Å²) in [5, 5.41) is 6.14. The van der Waals surface area contributed by atoms with Gasteiger partial charge in [0.25, 0.3) is 5.56 Å². The van der Waals surface area contributed by atoms with E-state index in [0.717, 1.165) is 54.5 Å². The van der Waals surface area contributed by atoms with Gasteiger partial charge in [0.2, 0.25) is 5.91 Å². The van der Waals surface area contributed by atoms with Crippen LogP contribution in [-0.4, -0.2) is 27.0 Å². The second kappa shape index (κ2) is 8.67. The van der Waals surface area contributed by atoms with Crippen LogP contribution >= 0.6 is 0 Å². The Morgan fingerprint density at radius 2 is 1.80 bits per heavy atom. The van der Waals surface area contributed by atoms with Crippen molar-refractivity contribution in [3.8, 4) is 0 Å². The van der Waals surface area contributed by atoms with E-state index in [1.54, 1.807) is 0 Å². The van der Waals surface area contributed by atoms with Gasteiger partial charge in [0.15, 0.2) is 0 Å². The van der Waals surface area contributed by atoms with Crippen molar-refractivity contribution in [1.82, 2.24) is 20.2 Å². The molecule has 184 valence electrons. The number of nitrogens with one attached hydrogen (secondary N) is 3. The first-order valence-electron chi connectivity index (χ1n) is 11.6. The van der Waals surface area contributed by atoms with Crippen molar-refractivity contribution in [1.29, 1.82) is 0 Å². The summed E-state index contributed by atoms with van der Waals surface area (Å²) in [6.07, 6.45) is 3.61. The van der Waals surface area contributed by atoms with Crippen LogP contribution in [0.3, 0.4) is 0 Å². The van der Waals surface area contributed by atoms with Gasteiger partial charge in [0.1, 0.15) is 23.5 Å². The zero-order valence-corrected chi connectivity index (χ0v) is 19.0. The lowest BCUT2D eigenvalue weighted by Crippen LogP contribution is -2.49. The van der Waals surface area contributed by atoms with Crippen LogP contribution in [0.4, 0.5) is 13.2 Å². The van der Waals surface area contributed by atoms with Crippen molar-refractivity contribution in [2.45, 2.75) is 62.7 Å². The first kappa shape index (κ1) is 23.3. The molecular formula is C25H25F3N4O3. The minimum atomic E-state index is -1.23.